The zero-order valence-electron chi connectivity index (χ0n) is 19.0. The summed E-state index contributed by atoms with van der Waals surface area (Å²) in [6.07, 6.45) is -0.805. The fourth-order valence-corrected chi connectivity index (χ4v) is 5.17. The Hall–Kier alpha value is -2.84. The quantitative estimate of drug-likeness (QED) is 0.474. The number of benzene rings is 2. The molecule has 0 bridgehead atoms. The summed E-state index contributed by atoms with van der Waals surface area (Å²) in [4.78, 5) is 24.9. The predicted octanol–water partition coefficient (Wildman–Crippen LogP) is 2.43. The van der Waals surface area contributed by atoms with Gasteiger partial charge in [-0.1, -0.05) is 11.6 Å². The summed E-state index contributed by atoms with van der Waals surface area (Å²) in [6.45, 7) is -1.91. The molecule has 1 aliphatic rings. The molecule has 0 saturated carbocycles. The third-order valence-electron chi connectivity index (χ3n) is 5.24. The molecule has 2 aromatic carbocycles. The molecule has 1 fully saturated rings. The number of rotatable bonds is 9. The minimum Gasteiger partial charge on any atom is -0.451 e. The molecule has 0 radical (unpaired) electrons. The van der Waals surface area contributed by atoms with Crippen LogP contribution in [-0.4, -0.2) is 87.2 Å². The highest BCUT2D eigenvalue weighted by Crippen LogP contribution is 2.32. The molecule has 0 aromatic heterocycles. The molecule has 3 rings (SSSR count). The lowest BCUT2D eigenvalue weighted by atomic mass is 10.1. The molecule has 1 heterocycles. The van der Waals surface area contributed by atoms with Crippen molar-refractivity contribution in [3.63, 3.8) is 0 Å². The highest BCUT2D eigenvalue weighted by molar-refractivity contribution is 7.89. The smallest absolute Gasteiger partial charge is 0.409 e. The number of hydrogen-bond acceptors (Lipinski definition) is 8. The topological polar surface area (TPSA) is 123 Å². The number of ether oxygens (including phenoxy) is 3. The summed E-state index contributed by atoms with van der Waals surface area (Å²) in [5, 5.41) is 9.73. The number of hydrogen-bond donors (Lipinski definition) is 1. The molecule has 196 valence electrons. The molecule has 0 aliphatic carbocycles. The molecule has 1 aliphatic heterocycles. The van der Waals surface area contributed by atoms with Crippen molar-refractivity contribution in [2.24, 2.45) is 0 Å². The summed E-state index contributed by atoms with van der Waals surface area (Å²) in [6, 6.07) is 5.26. The van der Waals surface area contributed by atoms with E-state index in [4.69, 9.17) is 25.8 Å². The molecular weight excluding hydrogens is 526 g/mol. The van der Waals surface area contributed by atoms with Crippen LogP contribution < -0.4 is 4.74 Å². The van der Waals surface area contributed by atoms with Gasteiger partial charge in [0.1, 0.15) is 25.0 Å². The first-order valence-corrected chi connectivity index (χ1v) is 12.4. The zero-order valence-corrected chi connectivity index (χ0v) is 20.6. The third-order valence-corrected chi connectivity index (χ3v) is 7.38. The normalized spacial score (nSPS) is 16.6. The van der Waals surface area contributed by atoms with E-state index in [1.54, 1.807) is 0 Å². The van der Waals surface area contributed by atoms with Gasteiger partial charge in [-0.15, -0.1) is 0 Å². The van der Waals surface area contributed by atoms with Crippen LogP contribution in [0, 0.1) is 11.6 Å². The second kappa shape index (κ2) is 11.9. The number of sulfonamides is 1. The van der Waals surface area contributed by atoms with Crippen molar-refractivity contribution in [3.8, 4) is 11.5 Å². The Bertz CT molecular complexity index is 1190. The van der Waals surface area contributed by atoms with Crippen molar-refractivity contribution < 1.29 is 46.1 Å². The van der Waals surface area contributed by atoms with Crippen LogP contribution in [0.15, 0.2) is 41.3 Å². The first-order valence-electron chi connectivity index (χ1n) is 10.6. The van der Waals surface area contributed by atoms with Gasteiger partial charge in [-0.25, -0.2) is 22.0 Å². The number of nitrogens with zero attached hydrogens (tertiary/aromatic N) is 2. The fraction of sp³-hybridized carbons (Fsp3) is 0.364. The van der Waals surface area contributed by atoms with Gasteiger partial charge in [0.05, 0.1) is 11.5 Å². The van der Waals surface area contributed by atoms with Crippen molar-refractivity contribution in [3.05, 3.63) is 53.1 Å². The van der Waals surface area contributed by atoms with E-state index in [0.29, 0.717) is 21.5 Å². The van der Waals surface area contributed by atoms with Gasteiger partial charge < -0.3 is 24.2 Å². The average Bonchev–Trinajstić information content (AvgIpc) is 2.86. The molecule has 1 N–H and O–H groups in total. The van der Waals surface area contributed by atoms with Crippen molar-refractivity contribution >= 4 is 33.5 Å². The molecule has 36 heavy (non-hydrogen) atoms. The molecule has 1 atom stereocenters. The van der Waals surface area contributed by atoms with E-state index in [1.165, 1.54) is 31.4 Å². The Balaban J connectivity index is 1.85. The number of methoxy groups -OCH3 is 1. The standard InChI is InChI=1S/C22H23ClF2N2O8S/c1-33-8-9-34-22(30)26-6-7-27(19(12-26)20(29)13-28)36(31,32)16-10-17(24)21(18(25)11-16)35-15-4-2-14(23)3-5-15/h2-5,10-11,19,28H,6-9,12-13H2,1H3/t19-/m1/s1. The SMILES string of the molecule is COCCOC(=O)N1CCN(S(=O)(=O)c2cc(F)c(Oc3ccc(Cl)cc3)c(F)c2)[C@@H](C(=O)CO)C1. The molecule has 2 aromatic rings. The first kappa shape index (κ1) is 27.7. The van der Waals surface area contributed by atoms with Crippen LogP contribution in [0.3, 0.4) is 0 Å². The number of aliphatic hydroxyl groups is 1. The Morgan fingerprint density at radius 1 is 1.11 bits per heavy atom. The molecule has 10 nitrogen and oxygen atoms in total. The Kier molecular flexibility index (Phi) is 9.19. The van der Waals surface area contributed by atoms with E-state index >= 15 is 0 Å². The highest BCUT2D eigenvalue weighted by atomic mass is 35.5. The van der Waals surface area contributed by atoms with Crippen molar-refractivity contribution in [2.45, 2.75) is 10.9 Å². The number of Topliss-reactive ketones (excluding diaryl/α,β-unsaturated/α-hetero) is 1. The number of ketones is 1. The largest absolute Gasteiger partial charge is 0.451 e. The number of amides is 1. The van der Waals surface area contributed by atoms with Gasteiger partial charge in [0.2, 0.25) is 10.0 Å². The average molecular weight is 549 g/mol. The van der Waals surface area contributed by atoms with Crippen molar-refractivity contribution in [1.82, 2.24) is 9.21 Å². The van der Waals surface area contributed by atoms with Crippen LogP contribution in [0.4, 0.5) is 13.6 Å². The number of carbonyl (C=O) groups excluding carboxylic acids is 2. The van der Waals surface area contributed by atoms with Crippen molar-refractivity contribution in [1.29, 1.82) is 0 Å². The lowest BCUT2D eigenvalue weighted by molar-refractivity contribution is -0.126. The van der Waals surface area contributed by atoms with E-state index in [9.17, 15) is 31.9 Å². The summed E-state index contributed by atoms with van der Waals surface area (Å²) in [5.41, 5.74) is 0. The van der Waals surface area contributed by atoms with Crippen LogP contribution in [0.25, 0.3) is 0 Å². The van der Waals surface area contributed by atoms with E-state index in [1.807, 2.05) is 0 Å². The van der Waals surface area contributed by atoms with E-state index < -0.39 is 63.4 Å². The summed E-state index contributed by atoms with van der Waals surface area (Å²) in [7, 11) is -3.21. The molecule has 1 amide bonds. The highest BCUT2D eigenvalue weighted by Gasteiger charge is 2.41. The molecule has 14 heteroatoms. The van der Waals surface area contributed by atoms with Gasteiger partial charge in [-0.3, -0.25) is 4.79 Å². The second-order valence-electron chi connectivity index (χ2n) is 7.58. The Morgan fingerprint density at radius 2 is 1.75 bits per heavy atom. The monoisotopic (exact) mass is 548 g/mol. The van der Waals surface area contributed by atoms with Gasteiger partial charge in [0, 0.05) is 31.8 Å². The van der Waals surface area contributed by atoms with Crippen LogP contribution in [-0.2, 0) is 24.3 Å². The van der Waals surface area contributed by atoms with Gasteiger partial charge in [0.15, 0.2) is 23.2 Å². The number of piperazine rings is 1. The van der Waals surface area contributed by atoms with Gasteiger partial charge >= 0.3 is 6.09 Å². The summed E-state index contributed by atoms with van der Waals surface area (Å²) in [5.74, 6) is -4.27. The van der Waals surface area contributed by atoms with Crippen molar-refractivity contribution in [2.75, 3.05) is 46.6 Å². The number of aliphatic hydroxyl groups excluding tert-OH is 1. The maximum atomic E-state index is 14.8. The van der Waals surface area contributed by atoms with Gasteiger partial charge in [-0.2, -0.15) is 4.31 Å². The predicted molar refractivity (Wildman–Crippen MR) is 122 cm³/mol. The minimum atomic E-state index is -4.63. The maximum Gasteiger partial charge on any atom is 0.409 e. The second-order valence-corrected chi connectivity index (χ2v) is 9.91. The van der Waals surface area contributed by atoms with Crippen LogP contribution in [0.5, 0.6) is 11.5 Å². The molecule has 0 spiro atoms. The number of halogens is 3. The molecule has 1 saturated heterocycles. The Morgan fingerprint density at radius 3 is 2.33 bits per heavy atom. The lowest BCUT2D eigenvalue weighted by Crippen LogP contribution is -2.59. The van der Waals surface area contributed by atoms with E-state index in [-0.39, 0.29) is 32.1 Å². The maximum absolute atomic E-state index is 14.8. The summed E-state index contributed by atoms with van der Waals surface area (Å²) >= 11 is 5.77. The van der Waals surface area contributed by atoms with Crippen LogP contribution in [0.1, 0.15) is 0 Å². The fourth-order valence-electron chi connectivity index (χ4n) is 3.43. The zero-order chi connectivity index (χ0) is 26.5. The first-order chi connectivity index (χ1) is 17.1. The summed E-state index contributed by atoms with van der Waals surface area (Å²) < 4.78 is 71.7. The number of carbonyl (C=O) groups is 2. The minimum absolute atomic E-state index is 0.0601. The van der Waals surface area contributed by atoms with Gasteiger partial charge in [0.25, 0.3) is 0 Å². The Labute approximate surface area is 211 Å². The third kappa shape index (κ3) is 6.28. The molecular formula is C22H23ClF2N2O8S. The lowest BCUT2D eigenvalue weighted by Gasteiger charge is -2.38. The van der Waals surface area contributed by atoms with Gasteiger partial charge in [-0.05, 0) is 36.4 Å². The van der Waals surface area contributed by atoms with Crippen LogP contribution in [0.2, 0.25) is 5.02 Å². The van der Waals surface area contributed by atoms with E-state index in [2.05, 4.69) is 0 Å². The van der Waals surface area contributed by atoms with Crippen LogP contribution >= 0.6 is 11.6 Å². The molecule has 0 unspecified atom stereocenters. The van der Waals surface area contributed by atoms with E-state index in [0.717, 1.165) is 4.90 Å².